The highest BCUT2D eigenvalue weighted by molar-refractivity contribution is 7.10. The van der Waals surface area contributed by atoms with Crippen LogP contribution in [0, 0.1) is 0 Å². The summed E-state index contributed by atoms with van der Waals surface area (Å²) in [6, 6.07) is 7.44. The molecular formula is C14H11N3O2S. The van der Waals surface area contributed by atoms with Gasteiger partial charge in [-0.2, -0.15) is 0 Å². The van der Waals surface area contributed by atoms with E-state index in [0.717, 1.165) is 21.6 Å². The summed E-state index contributed by atoms with van der Waals surface area (Å²) in [7, 11) is 0. The maximum Gasteiger partial charge on any atom is 0.336 e. The van der Waals surface area contributed by atoms with Crippen LogP contribution in [0.2, 0.25) is 0 Å². The Kier molecular flexibility index (Phi) is 3.30. The molecule has 0 aliphatic carbocycles. The highest BCUT2D eigenvalue weighted by atomic mass is 32.1. The Bertz CT molecular complexity index is 770. The van der Waals surface area contributed by atoms with E-state index in [1.807, 2.05) is 18.2 Å². The van der Waals surface area contributed by atoms with Gasteiger partial charge in [0.25, 0.3) is 0 Å². The Morgan fingerprint density at radius 2 is 2.00 bits per heavy atom. The number of carbonyl (C=O) groups is 1. The lowest BCUT2D eigenvalue weighted by atomic mass is 10.2. The first-order chi connectivity index (χ1) is 9.72. The number of nitrogens with zero attached hydrogens (tertiary/aromatic N) is 2. The minimum absolute atomic E-state index is 0.330. The first-order valence-corrected chi connectivity index (χ1v) is 6.86. The Balaban J connectivity index is 1.74. The molecule has 1 aromatic carbocycles. The number of anilines is 1. The number of rotatable bonds is 4. The summed E-state index contributed by atoms with van der Waals surface area (Å²) in [5.74, 6) is -0.895. The Hall–Kier alpha value is -2.47. The van der Waals surface area contributed by atoms with Crippen molar-refractivity contribution in [2.75, 3.05) is 5.32 Å². The third-order valence-corrected chi connectivity index (χ3v) is 3.77. The zero-order valence-electron chi connectivity index (χ0n) is 10.4. The van der Waals surface area contributed by atoms with Crippen molar-refractivity contribution in [1.82, 2.24) is 9.97 Å². The van der Waals surface area contributed by atoms with E-state index >= 15 is 0 Å². The van der Waals surface area contributed by atoms with Crippen LogP contribution in [0.1, 0.15) is 15.2 Å². The second-order valence-electron chi connectivity index (χ2n) is 4.22. The Morgan fingerprint density at radius 1 is 1.20 bits per heavy atom. The number of hydrogen-bond acceptors (Lipinski definition) is 5. The molecule has 0 radical (unpaired) electrons. The van der Waals surface area contributed by atoms with E-state index in [-0.39, 0.29) is 0 Å². The van der Waals surface area contributed by atoms with Crippen molar-refractivity contribution in [2.24, 2.45) is 0 Å². The predicted octanol–water partition coefficient (Wildman–Crippen LogP) is 3.00. The van der Waals surface area contributed by atoms with Crippen LogP contribution in [0.4, 0.5) is 5.69 Å². The normalized spacial score (nSPS) is 10.6. The average Bonchev–Trinajstić information content (AvgIpc) is 2.94. The van der Waals surface area contributed by atoms with Crippen LogP contribution in [0.3, 0.4) is 0 Å². The van der Waals surface area contributed by atoms with E-state index in [2.05, 4.69) is 15.3 Å². The van der Waals surface area contributed by atoms with Crippen LogP contribution < -0.4 is 5.32 Å². The molecule has 0 unspecified atom stereocenters. The standard InChI is InChI=1S/C14H11N3O2S/c18-14(19)9-5-11(20-8-9)7-17-10-1-2-12-13(6-10)16-4-3-15-12/h1-6,8,17H,7H2,(H,18,19). The fraction of sp³-hybridized carbons (Fsp3) is 0.0714. The summed E-state index contributed by atoms with van der Waals surface area (Å²) in [5, 5.41) is 13.8. The van der Waals surface area contributed by atoms with Gasteiger partial charge in [0.2, 0.25) is 0 Å². The van der Waals surface area contributed by atoms with E-state index in [4.69, 9.17) is 5.11 Å². The maximum absolute atomic E-state index is 10.8. The molecule has 3 aromatic rings. The zero-order valence-corrected chi connectivity index (χ0v) is 11.2. The molecule has 0 amide bonds. The number of benzene rings is 1. The third-order valence-electron chi connectivity index (χ3n) is 2.84. The molecular weight excluding hydrogens is 274 g/mol. The molecule has 100 valence electrons. The van der Waals surface area contributed by atoms with Gasteiger partial charge in [-0.15, -0.1) is 11.3 Å². The van der Waals surface area contributed by atoms with Crippen molar-refractivity contribution in [1.29, 1.82) is 0 Å². The van der Waals surface area contributed by atoms with Gasteiger partial charge >= 0.3 is 5.97 Å². The molecule has 0 aliphatic rings. The summed E-state index contributed by atoms with van der Waals surface area (Å²) in [6.07, 6.45) is 3.32. The molecule has 0 saturated carbocycles. The van der Waals surface area contributed by atoms with Crippen LogP contribution >= 0.6 is 11.3 Å². The average molecular weight is 285 g/mol. The molecule has 6 heteroatoms. The maximum atomic E-state index is 10.8. The van der Waals surface area contributed by atoms with Gasteiger partial charge in [0.15, 0.2) is 0 Å². The van der Waals surface area contributed by atoms with Gasteiger partial charge in [0.05, 0.1) is 16.6 Å². The molecule has 0 bridgehead atoms. The van der Waals surface area contributed by atoms with Crippen molar-refractivity contribution in [3.05, 3.63) is 52.5 Å². The lowest BCUT2D eigenvalue weighted by Gasteiger charge is -2.05. The first kappa shape index (κ1) is 12.6. The highest BCUT2D eigenvalue weighted by Gasteiger charge is 2.06. The number of hydrogen-bond donors (Lipinski definition) is 2. The van der Waals surface area contributed by atoms with Gasteiger partial charge in [0.1, 0.15) is 0 Å². The summed E-state index contributed by atoms with van der Waals surface area (Å²) >= 11 is 1.43. The molecule has 0 atom stereocenters. The molecule has 3 rings (SSSR count). The van der Waals surface area contributed by atoms with E-state index < -0.39 is 5.97 Å². The number of carboxylic acid groups (broad SMARTS) is 1. The monoisotopic (exact) mass is 285 g/mol. The van der Waals surface area contributed by atoms with E-state index in [0.29, 0.717) is 12.1 Å². The van der Waals surface area contributed by atoms with Gasteiger partial charge in [0, 0.05) is 34.9 Å². The summed E-state index contributed by atoms with van der Waals surface area (Å²) in [5.41, 5.74) is 2.94. The minimum Gasteiger partial charge on any atom is -0.478 e. The Labute approximate surface area is 118 Å². The number of fused-ring (bicyclic) bond motifs is 1. The predicted molar refractivity (Wildman–Crippen MR) is 78.1 cm³/mol. The fourth-order valence-corrected chi connectivity index (χ4v) is 2.65. The topological polar surface area (TPSA) is 75.1 Å². The third kappa shape index (κ3) is 2.60. The smallest absolute Gasteiger partial charge is 0.336 e. The second kappa shape index (κ2) is 5.26. The van der Waals surface area contributed by atoms with Crippen molar-refractivity contribution in [3.63, 3.8) is 0 Å². The molecule has 2 N–H and O–H groups in total. The lowest BCUT2D eigenvalue weighted by Crippen LogP contribution is -1.98. The molecule has 0 spiro atoms. The molecule has 20 heavy (non-hydrogen) atoms. The van der Waals surface area contributed by atoms with Crippen LogP contribution in [-0.4, -0.2) is 21.0 Å². The molecule has 5 nitrogen and oxygen atoms in total. The molecule has 0 saturated heterocycles. The second-order valence-corrected chi connectivity index (χ2v) is 5.22. The number of thiophene rings is 1. The summed E-state index contributed by atoms with van der Waals surface area (Å²) < 4.78 is 0. The van der Waals surface area contributed by atoms with Crippen molar-refractivity contribution in [2.45, 2.75) is 6.54 Å². The zero-order chi connectivity index (χ0) is 13.9. The van der Waals surface area contributed by atoms with Gasteiger partial charge in [-0.25, -0.2) is 4.79 Å². The van der Waals surface area contributed by atoms with E-state index in [9.17, 15) is 4.79 Å². The lowest BCUT2D eigenvalue weighted by molar-refractivity contribution is 0.0697. The molecule has 2 aromatic heterocycles. The number of nitrogens with one attached hydrogen (secondary N) is 1. The van der Waals surface area contributed by atoms with Crippen molar-refractivity contribution >= 4 is 34.0 Å². The van der Waals surface area contributed by atoms with Gasteiger partial charge in [-0.1, -0.05) is 0 Å². The number of aromatic carboxylic acids is 1. The summed E-state index contributed by atoms with van der Waals surface area (Å²) in [4.78, 5) is 20.2. The first-order valence-electron chi connectivity index (χ1n) is 5.98. The van der Waals surface area contributed by atoms with E-state index in [1.54, 1.807) is 23.8 Å². The number of aromatic nitrogens is 2. The fourth-order valence-electron chi connectivity index (χ4n) is 1.85. The highest BCUT2D eigenvalue weighted by Crippen LogP contribution is 2.19. The molecule has 2 heterocycles. The quantitative estimate of drug-likeness (QED) is 0.770. The van der Waals surface area contributed by atoms with Crippen LogP contribution in [0.15, 0.2) is 42.0 Å². The molecule has 0 aliphatic heterocycles. The van der Waals surface area contributed by atoms with Gasteiger partial charge in [-0.3, -0.25) is 9.97 Å². The largest absolute Gasteiger partial charge is 0.478 e. The van der Waals surface area contributed by atoms with Crippen LogP contribution in [-0.2, 0) is 6.54 Å². The minimum atomic E-state index is -0.895. The molecule has 0 fully saturated rings. The summed E-state index contributed by atoms with van der Waals surface area (Å²) in [6.45, 7) is 0.587. The van der Waals surface area contributed by atoms with E-state index in [1.165, 1.54) is 11.3 Å². The van der Waals surface area contributed by atoms with Crippen LogP contribution in [0.25, 0.3) is 11.0 Å². The number of carboxylic acids is 1. The van der Waals surface area contributed by atoms with Gasteiger partial charge in [-0.05, 0) is 24.3 Å². The van der Waals surface area contributed by atoms with Gasteiger partial charge < -0.3 is 10.4 Å². The SMILES string of the molecule is O=C(O)c1csc(CNc2ccc3nccnc3c2)c1. The van der Waals surface area contributed by atoms with Crippen molar-refractivity contribution in [3.8, 4) is 0 Å². The van der Waals surface area contributed by atoms with Crippen molar-refractivity contribution < 1.29 is 9.90 Å². The Morgan fingerprint density at radius 3 is 2.75 bits per heavy atom. The van der Waals surface area contributed by atoms with Crippen LogP contribution in [0.5, 0.6) is 0 Å².